The van der Waals surface area contributed by atoms with Crippen LogP contribution in [-0.4, -0.2) is 38.4 Å². The van der Waals surface area contributed by atoms with Crippen LogP contribution in [0.5, 0.6) is 0 Å². The maximum atomic E-state index is 11.1. The quantitative estimate of drug-likeness (QED) is 0.621. The van der Waals surface area contributed by atoms with Gasteiger partial charge in [0, 0.05) is 12.5 Å². The summed E-state index contributed by atoms with van der Waals surface area (Å²) in [5.41, 5.74) is 0. The van der Waals surface area contributed by atoms with Crippen molar-refractivity contribution < 1.29 is 14.3 Å². The van der Waals surface area contributed by atoms with E-state index in [1.54, 1.807) is 0 Å². The highest BCUT2D eigenvalue weighted by Gasteiger charge is 2.04. The van der Waals surface area contributed by atoms with Crippen molar-refractivity contribution in [2.75, 3.05) is 26.4 Å². The zero-order valence-electron chi connectivity index (χ0n) is 10.2. The fourth-order valence-electron chi connectivity index (χ4n) is 0.895. The number of hydrogen-bond donors (Lipinski definition) is 1. The number of carbonyl (C=O) groups is 1. The van der Waals surface area contributed by atoms with Gasteiger partial charge in [-0.15, -0.1) is 0 Å². The molecule has 0 spiro atoms. The predicted molar refractivity (Wildman–Crippen MR) is 59.8 cm³/mol. The number of rotatable bonds is 8. The second-order valence-electron chi connectivity index (χ2n) is 3.98. The van der Waals surface area contributed by atoms with Crippen LogP contribution in [0, 0.1) is 5.92 Å². The lowest BCUT2D eigenvalue weighted by molar-refractivity contribution is -0.124. The van der Waals surface area contributed by atoms with E-state index in [1.165, 1.54) is 0 Å². The topological polar surface area (TPSA) is 47.6 Å². The van der Waals surface area contributed by atoms with Gasteiger partial charge in [0.1, 0.15) is 0 Å². The highest BCUT2D eigenvalue weighted by molar-refractivity contribution is 5.77. The molecule has 0 aromatic carbocycles. The van der Waals surface area contributed by atoms with Crippen LogP contribution in [0.15, 0.2) is 0 Å². The zero-order chi connectivity index (χ0) is 11.7. The van der Waals surface area contributed by atoms with Crippen molar-refractivity contribution in [3.8, 4) is 0 Å². The highest BCUT2D eigenvalue weighted by atomic mass is 16.5. The molecular formula is C11H23NO3. The summed E-state index contributed by atoms with van der Waals surface area (Å²) >= 11 is 0. The summed E-state index contributed by atoms with van der Waals surface area (Å²) in [5.74, 6) is 0.103. The molecule has 1 amide bonds. The third-order valence-corrected chi connectivity index (χ3v) is 1.75. The molecule has 0 aliphatic rings. The van der Waals surface area contributed by atoms with E-state index in [0.717, 1.165) is 0 Å². The van der Waals surface area contributed by atoms with Gasteiger partial charge in [0.05, 0.1) is 25.9 Å². The van der Waals surface area contributed by atoms with Crippen LogP contribution in [0.3, 0.4) is 0 Å². The third kappa shape index (κ3) is 9.69. The molecule has 0 saturated carbocycles. The van der Waals surface area contributed by atoms with Crippen LogP contribution in [0.2, 0.25) is 0 Å². The van der Waals surface area contributed by atoms with E-state index in [9.17, 15) is 4.79 Å². The molecule has 0 atom stereocenters. The molecule has 0 bridgehead atoms. The smallest absolute Gasteiger partial charge is 0.222 e. The highest BCUT2D eigenvalue weighted by Crippen LogP contribution is 1.90. The molecule has 0 aromatic rings. The monoisotopic (exact) mass is 217 g/mol. The molecule has 0 radical (unpaired) electrons. The van der Waals surface area contributed by atoms with Gasteiger partial charge in [-0.3, -0.25) is 4.79 Å². The molecule has 0 aliphatic heterocycles. The second-order valence-corrected chi connectivity index (χ2v) is 3.98. The Morgan fingerprint density at radius 2 is 1.80 bits per heavy atom. The van der Waals surface area contributed by atoms with E-state index in [0.29, 0.717) is 26.4 Å². The zero-order valence-corrected chi connectivity index (χ0v) is 10.2. The molecule has 4 heteroatoms. The second kappa shape index (κ2) is 8.68. The van der Waals surface area contributed by atoms with E-state index in [1.807, 2.05) is 27.7 Å². The summed E-state index contributed by atoms with van der Waals surface area (Å²) < 4.78 is 10.6. The van der Waals surface area contributed by atoms with Gasteiger partial charge in [-0.05, 0) is 13.8 Å². The maximum Gasteiger partial charge on any atom is 0.222 e. The Morgan fingerprint density at radius 1 is 1.13 bits per heavy atom. The summed E-state index contributed by atoms with van der Waals surface area (Å²) in [6.07, 6.45) is 0.245. The Labute approximate surface area is 92.3 Å². The molecule has 0 aromatic heterocycles. The lowest BCUT2D eigenvalue weighted by Crippen LogP contribution is -2.31. The molecule has 0 unspecified atom stereocenters. The molecule has 90 valence electrons. The first kappa shape index (κ1) is 14.4. The molecule has 4 nitrogen and oxygen atoms in total. The summed E-state index contributed by atoms with van der Waals surface area (Å²) in [5, 5.41) is 2.78. The summed E-state index contributed by atoms with van der Waals surface area (Å²) in [7, 11) is 0. The molecule has 0 rings (SSSR count). The van der Waals surface area contributed by atoms with Gasteiger partial charge in [0.15, 0.2) is 0 Å². The third-order valence-electron chi connectivity index (χ3n) is 1.75. The van der Waals surface area contributed by atoms with Crippen molar-refractivity contribution >= 4 is 5.91 Å². The SMILES string of the molecule is CC(C)OCCOCCNC(=O)C(C)C. The minimum Gasteiger partial charge on any atom is -0.377 e. The van der Waals surface area contributed by atoms with Crippen LogP contribution < -0.4 is 5.32 Å². The fraction of sp³-hybridized carbons (Fsp3) is 0.909. The molecule has 0 heterocycles. The molecule has 15 heavy (non-hydrogen) atoms. The average molecular weight is 217 g/mol. The van der Waals surface area contributed by atoms with E-state index in [-0.39, 0.29) is 17.9 Å². The van der Waals surface area contributed by atoms with Crippen molar-refractivity contribution in [3.63, 3.8) is 0 Å². The van der Waals surface area contributed by atoms with Gasteiger partial charge >= 0.3 is 0 Å². The fourth-order valence-corrected chi connectivity index (χ4v) is 0.895. The largest absolute Gasteiger partial charge is 0.377 e. The number of hydrogen-bond acceptors (Lipinski definition) is 3. The summed E-state index contributed by atoms with van der Waals surface area (Å²) in [6, 6.07) is 0. The van der Waals surface area contributed by atoms with Gasteiger partial charge in [0.25, 0.3) is 0 Å². The minimum atomic E-state index is 0.0364. The van der Waals surface area contributed by atoms with Crippen LogP contribution in [0.4, 0.5) is 0 Å². The van der Waals surface area contributed by atoms with Crippen molar-refractivity contribution in [2.45, 2.75) is 33.8 Å². The van der Waals surface area contributed by atoms with Gasteiger partial charge in [-0.1, -0.05) is 13.8 Å². The Balaban J connectivity index is 3.15. The minimum absolute atomic E-state index is 0.0364. The van der Waals surface area contributed by atoms with Crippen molar-refractivity contribution in [1.82, 2.24) is 5.32 Å². The normalized spacial score (nSPS) is 11.1. The maximum absolute atomic E-state index is 11.1. The van der Waals surface area contributed by atoms with Gasteiger partial charge in [-0.2, -0.15) is 0 Å². The Bertz CT molecular complexity index is 169. The van der Waals surface area contributed by atoms with Gasteiger partial charge < -0.3 is 14.8 Å². The lowest BCUT2D eigenvalue weighted by Gasteiger charge is -2.09. The van der Waals surface area contributed by atoms with Crippen LogP contribution in [-0.2, 0) is 14.3 Å². The number of ether oxygens (including phenoxy) is 2. The van der Waals surface area contributed by atoms with E-state index < -0.39 is 0 Å². The predicted octanol–water partition coefficient (Wildman–Crippen LogP) is 1.20. The summed E-state index contributed by atoms with van der Waals surface area (Å²) in [4.78, 5) is 11.1. The van der Waals surface area contributed by atoms with Crippen molar-refractivity contribution in [1.29, 1.82) is 0 Å². The standard InChI is InChI=1S/C11H23NO3/c1-9(2)11(13)12-5-6-14-7-8-15-10(3)4/h9-10H,5-8H2,1-4H3,(H,12,13). The Hall–Kier alpha value is -0.610. The van der Waals surface area contributed by atoms with Gasteiger partial charge in [0.2, 0.25) is 5.91 Å². The molecule has 0 fully saturated rings. The Morgan fingerprint density at radius 3 is 2.33 bits per heavy atom. The van der Waals surface area contributed by atoms with Gasteiger partial charge in [-0.25, -0.2) is 0 Å². The van der Waals surface area contributed by atoms with Crippen LogP contribution in [0.25, 0.3) is 0 Å². The summed E-state index contributed by atoms with van der Waals surface area (Å²) in [6.45, 7) is 10.0. The lowest BCUT2D eigenvalue weighted by atomic mass is 10.2. The molecular weight excluding hydrogens is 194 g/mol. The molecule has 0 saturated heterocycles. The van der Waals surface area contributed by atoms with E-state index in [2.05, 4.69) is 5.32 Å². The van der Waals surface area contributed by atoms with E-state index in [4.69, 9.17) is 9.47 Å². The van der Waals surface area contributed by atoms with Crippen LogP contribution in [0.1, 0.15) is 27.7 Å². The van der Waals surface area contributed by atoms with Crippen LogP contribution >= 0.6 is 0 Å². The first-order valence-electron chi connectivity index (χ1n) is 5.51. The Kier molecular flexibility index (Phi) is 8.33. The van der Waals surface area contributed by atoms with E-state index >= 15 is 0 Å². The first-order chi connectivity index (χ1) is 7.04. The average Bonchev–Trinajstić information content (AvgIpc) is 2.15. The number of nitrogens with one attached hydrogen (secondary N) is 1. The first-order valence-corrected chi connectivity index (χ1v) is 5.51. The molecule has 0 aliphatic carbocycles. The van der Waals surface area contributed by atoms with Crippen molar-refractivity contribution in [3.05, 3.63) is 0 Å². The van der Waals surface area contributed by atoms with Crippen molar-refractivity contribution in [2.24, 2.45) is 5.92 Å². The number of carbonyl (C=O) groups excluding carboxylic acids is 1. The number of amides is 1. The molecule has 1 N–H and O–H groups in total.